The van der Waals surface area contributed by atoms with Gasteiger partial charge in [0, 0.05) is 38.4 Å². The third-order valence-electron chi connectivity index (χ3n) is 18.8. The molecule has 13 aromatic carbocycles. The Kier molecular flexibility index (Phi) is 14.9. The average molecular weight is 1360 g/mol. The van der Waals surface area contributed by atoms with Gasteiger partial charge in [-0.3, -0.25) is 13.7 Å². The molecule has 0 bridgehead atoms. The van der Waals surface area contributed by atoms with E-state index in [9.17, 15) is 16.8 Å². The van der Waals surface area contributed by atoms with Gasteiger partial charge in [-0.15, -0.1) is 0 Å². The van der Waals surface area contributed by atoms with Gasteiger partial charge in [0.25, 0.3) is 20.0 Å². The summed E-state index contributed by atoms with van der Waals surface area (Å²) < 4.78 is 69.3. The summed E-state index contributed by atoms with van der Waals surface area (Å²) >= 11 is 0. The second kappa shape index (κ2) is 24.4. The highest BCUT2D eigenvalue weighted by Crippen LogP contribution is 2.47. The lowest BCUT2D eigenvalue weighted by atomic mass is 10.0. The van der Waals surface area contributed by atoms with Crippen molar-refractivity contribution in [1.29, 1.82) is 0 Å². The molecule has 492 valence electrons. The van der Waals surface area contributed by atoms with Gasteiger partial charge in [0.1, 0.15) is 9.79 Å². The van der Waals surface area contributed by atoms with E-state index in [-0.39, 0.29) is 24.6 Å². The average Bonchev–Trinajstić information content (AvgIpc) is 1.42. The number of aromatic nitrogens is 9. The maximum atomic E-state index is 14.7. The van der Waals surface area contributed by atoms with Crippen LogP contribution in [0.15, 0.2) is 331 Å². The van der Waals surface area contributed by atoms with Gasteiger partial charge in [0.05, 0.1) is 66.9 Å². The summed E-state index contributed by atoms with van der Waals surface area (Å²) in [6.45, 7) is 0. The zero-order valence-electron chi connectivity index (χ0n) is 53.0. The van der Waals surface area contributed by atoms with Crippen LogP contribution in [0.5, 0.6) is 0 Å². The van der Waals surface area contributed by atoms with E-state index >= 15 is 0 Å². The predicted molar refractivity (Wildman–Crippen MR) is 411 cm³/mol. The fourth-order valence-corrected chi connectivity index (χ4v) is 17.5. The SMILES string of the molecule is C.C.O=S1(=O)c2cc(-c3ccc4c(c3)c3ccccc3n4-c3nc(-c4ccccc4)nc(-c4ccccc4)n3)ccc2-n2c(nc3ccccc32)N1c1ccccc1.O=S1(=O)c2cc(-n3c4ccccc4c4cc(-c5ccccc5)ccc43)ccc2-n2c(nc3ccccc32)N1c1ccccc1. The quantitative estimate of drug-likeness (QED) is 0.144. The van der Waals surface area contributed by atoms with Gasteiger partial charge >= 0.3 is 0 Å². The lowest BCUT2D eigenvalue weighted by Gasteiger charge is -2.30. The van der Waals surface area contributed by atoms with Crippen LogP contribution in [0.2, 0.25) is 0 Å². The van der Waals surface area contributed by atoms with Gasteiger partial charge in [0.2, 0.25) is 17.8 Å². The number of imidazole rings is 2. The van der Waals surface area contributed by atoms with Crippen LogP contribution < -0.4 is 8.61 Å². The van der Waals surface area contributed by atoms with E-state index in [0.717, 1.165) is 99.2 Å². The molecule has 15 nitrogen and oxygen atoms in total. The Labute approximate surface area is 588 Å². The highest BCUT2D eigenvalue weighted by Gasteiger charge is 2.41. The van der Waals surface area contributed by atoms with Crippen LogP contribution >= 0.6 is 0 Å². The number of sulfonamides is 2. The molecule has 17 heteroatoms. The third-order valence-corrected chi connectivity index (χ3v) is 22.3. The first-order chi connectivity index (χ1) is 49.1. The van der Waals surface area contributed by atoms with Crippen molar-refractivity contribution in [3.05, 3.63) is 322 Å². The van der Waals surface area contributed by atoms with E-state index in [1.54, 1.807) is 36.4 Å². The third kappa shape index (κ3) is 9.87. The molecule has 0 unspecified atom stereocenters. The smallest absolute Gasteiger partial charge is 0.273 e. The van der Waals surface area contributed by atoms with Gasteiger partial charge in [-0.05, 0) is 138 Å². The highest BCUT2D eigenvalue weighted by atomic mass is 32.2. The van der Waals surface area contributed by atoms with Gasteiger partial charge in [-0.25, -0.2) is 40.4 Å². The number of benzene rings is 13. The summed E-state index contributed by atoms with van der Waals surface area (Å²) in [5.41, 5.74) is 15.6. The van der Waals surface area contributed by atoms with Crippen LogP contribution in [0.3, 0.4) is 0 Å². The van der Waals surface area contributed by atoms with Gasteiger partial charge in [-0.2, -0.15) is 9.97 Å². The van der Waals surface area contributed by atoms with Crippen LogP contribution in [-0.4, -0.2) is 60.0 Å². The molecule has 0 amide bonds. The molecule has 0 radical (unpaired) electrons. The van der Waals surface area contributed by atoms with Crippen molar-refractivity contribution in [3.8, 4) is 68.0 Å². The molecule has 20 rings (SSSR count). The van der Waals surface area contributed by atoms with E-state index in [4.69, 9.17) is 24.9 Å². The molecule has 0 fully saturated rings. The topological polar surface area (TPSA) is 159 Å². The molecule has 5 aromatic heterocycles. The van der Waals surface area contributed by atoms with E-state index in [0.29, 0.717) is 57.8 Å². The summed E-state index contributed by atoms with van der Waals surface area (Å²) in [4.78, 5) is 25.0. The Morgan fingerprint density at radius 1 is 0.245 bits per heavy atom. The largest absolute Gasteiger partial charge is 0.309 e. The number of anilines is 4. The fraction of sp³-hybridized carbons (Fsp3) is 0.0235. The number of fused-ring (bicyclic) bond motifs is 16. The van der Waals surface area contributed by atoms with Crippen molar-refractivity contribution in [2.24, 2.45) is 0 Å². The monoisotopic (exact) mass is 1360 g/mol. The van der Waals surface area contributed by atoms with Gasteiger partial charge in [-0.1, -0.05) is 221 Å². The van der Waals surface area contributed by atoms with Crippen molar-refractivity contribution < 1.29 is 16.8 Å². The molecule has 102 heavy (non-hydrogen) atoms. The summed E-state index contributed by atoms with van der Waals surface area (Å²) in [7, 11) is -8.09. The van der Waals surface area contributed by atoms with Crippen LogP contribution in [0.1, 0.15) is 14.9 Å². The van der Waals surface area contributed by atoms with Crippen molar-refractivity contribution >= 4 is 109 Å². The van der Waals surface area contributed by atoms with Crippen LogP contribution in [0.25, 0.3) is 134 Å². The molecular formula is C85H61N11O4S2. The zero-order valence-corrected chi connectivity index (χ0v) is 54.6. The second-order valence-electron chi connectivity index (χ2n) is 24.6. The van der Waals surface area contributed by atoms with Crippen molar-refractivity contribution in [2.75, 3.05) is 8.61 Å². The van der Waals surface area contributed by atoms with Crippen molar-refractivity contribution in [3.63, 3.8) is 0 Å². The Bertz CT molecular complexity index is 6520. The summed E-state index contributed by atoms with van der Waals surface area (Å²) in [5, 5.41) is 4.21. The molecule has 0 aliphatic carbocycles. The number of nitrogens with zero attached hydrogens (tertiary/aromatic N) is 11. The van der Waals surface area contributed by atoms with Gasteiger partial charge < -0.3 is 4.57 Å². The van der Waals surface area contributed by atoms with Crippen LogP contribution in [0, 0.1) is 0 Å². The number of hydrogen-bond donors (Lipinski definition) is 0. The highest BCUT2D eigenvalue weighted by molar-refractivity contribution is 7.93. The van der Waals surface area contributed by atoms with Gasteiger partial charge in [0.15, 0.2) is 11.6 Å². The molecule has 0 N–H and O–H groups in total. The minimum absolute atomic E-state index is 0. The lowest BCUT2D eigenvalue weighted by Crippen LogP contribution is -2.33. The predicted octanol–water partition coefficient (Wildman–Crippen LogP) is 20.1. The number of hydrogen-bond acceptors (Lipinski definition) is 9. The van der Waals surface area contributed by atoms with E-state index in [2.05, 4.69) is 75.9 Å². The van der Waals surface area contributed by atoms with E-state index in [1.165, 1.54) is 8.61 Å². The molecule has 2 aliphatic rings. The lowest BCUT2D eigenvalue weighted by molar-refractivity contribution is 0.590. The van der Waals surface area contributed by atoms with E-state index in [1.807, 2.05) is 228 Å². The summed E-state index contributed by atoms with van der Waals surface area (Å²) in [5.74, 6) is 2.33. The Hall–Kier alpha value is -13.1. The van der Waals surface area contributed by atoms with Crippen molar-refractivity contribution in [1.82, 2.24) is 43.2 Å². The van der Waals surface area contributed by atoms with E-state index < -0.39 is 20.0 Å². The molecule has 2 aliphatic heterocycles. The fourth-order valence-electron chi connectivity index (χ4n) is 14.3. The Morgan fingerprint density at radius 2 is 0.608 bits per heavy atom. The normalized spacial score (nSPS) is 13.2. The maximum absolute atomic E-state index is 14.7. The molecule has 18 aromatic rings. The zero-order chi connectivity index (χ0) is 66.8. The maximum Gasteiger partial charge on any atom is 0.273 e. The first kappa shape index (κ1) is 62.4. The number of rotatable bonds is 8. The molecular weight excluding hydrogens is 1300 g/mol. The van der Waals surface area contributed by atoms with Crippen LogP contribution in [-0.2, 0) is 20.0 Å². The standard InChI is InChI=1S/C46H29N7O2S.C37H24N4O2S.2CH4/c54-56(55)42-29-33(25-27-41(42)52-40-23-13-11-21-37(40)47-46(52)53(56)34-18-8-3-9-19-34)32-24-26-39-36(28-32)35-20-10-12-22-38(35)51(39)45-49-43(30-14-4-1-5-15-30)48-44(50-45)31-16-6-2-7-17-31;42-44(43)36-24-28(39-32-17-9-7-15-29(32)30-23-26(19-21-33(30)39)25-11-3-1-4-12-25)20-22-35(36)40-34-18-10-8-16-31(34)38-37(40)41(44)27-13-5-2-6-14-27;;/h1-29H;1-24H;2*1H4. The molecule has 0 spiro atoms. The molecule has 0 saturated carbocycles. The first-order valence-electron chi connectivity index (χ1n) is 32.6. The Morgan fingerprint density at radius 3 is 1.11 bits per heavy atom. The Balaban J connectivity index is 0.000000153. The first-order valence-corrected chi connectivity index (χ1v) is 35.4. The van der Waals surface area contributed by atoms with Crippen molar-refractivity contribution in [2.45, 2.75) is 24.6 Å². The minimum Gasteiger partial charge on any atom is -0.309 e. The molecule has 0 atom stereocenters. The molecule has 7 heterocycles. The molecule has 0 saturated heterocycles. The minimum atomic E-state index is -4.07. The summed E-state index contributed by atoms with van der Waals surface area (Å²) in [6, 6.07) is 104. The summed E-state index contributed by atoms with van der Waals surface area (Å²) in [6.07, 6.45) is 0. The van der Waals surface area contributed by atoms with Crippen LogP contribution in [0.4, 0.5) is 23.3 Å². The second-order valence-corrected chi connectivity index (χ2v) is 28.1. The number of para-hydroxylation sites is 8.